The van der Waals surface area contributed by atoms with Crippen molar-refractivity contribution in [1.29, 1.82) is 0 Å². The summed E-state index contributed by atoms with van der Waals surface area (Å²) in [6.07, 6.45) is 1.50. The van der Waals surface area contributed by atoms with Crippen LogP contribution in [0.5, 0.6) is 0 Å². The van der Waals surface area contributed by atoms with Crippen LogP contribution in [0.25, 0.3) is 0 Å². The average molecular weight is 201 g/mol. The Bertz CT molecular complexity index is 185. The molecule has 1 saturated heterocycles. The molecule has 14 heavy (non-hydrogen) atoms. The minimum absolute atomic E-state index is 0.0335. The van der Waals surface area contributed by atoms with Crippen molar-refractivity contribution in [2.75, 3.05) is 0 Å². The first-order valence-corrected chi connectivity index (χ1v) is 5.37. The molecule has 0 aliphatic carbocycles. The zero-order valence-corrected chi connectivity index (χ0v) is 9.96. The highest BCUT2D eigenvalue weighted by atomic mass is 16.7. The molecular formula is C11H23NO2. The molecule has 0 aromatic heterocycles. The summed E-state index contributed by atoms with van der Waals surface area (Å²) in [4.78, 5) is 0. The summed E-state index contributed by atoms with van der Waals surface area (Å²) in [6.45, 7) is 10.4. The Balaban J connectivity index is 2.71. The number of rotatable bonds is 2. The lowest BCUT2D eigenvalue weighted by Crippen LogP contribution is -2.54. The number of hydrogen-bond donors (Lipinski definition) is 1. The highest BCUT2D eigenvalue weighted by Crippen LogP contribution is 2.35. The zero-order chi connectivity index (χ0) is 11.0. The monoisotopic (exact) mass is 201 g/mol. The summed E-state index contributed by atoms with van der Waals surface area (Å²) in [5.74, 6) is 0. The van der Waals surface area contributed by atoms with Gasteiger partial charge >= 0.3 is 0 Å². The van der Waals surface area contributed by atoms with Crippen molar-refractivity contribution >= 4 is 0 Å². The molecule has 0 bridgehead atoms. The second-order valence-corrected chi connectivity index (χ2v) is 5.37. The summed E-state index contributed by atoms with van der Waals surface area (Å²) >= 11 is 0. The summed E-state index contributed by atoms with van der Waals surface area (Å²) in [7, 11) is 0. The minimum atomic E-state index is -0.265. The Labute approximate surface area is 86.9 Å². The van der Waals surface area contributed by atoms with Crippen LogP contribution in [0.4, 0.5) is 0 Å². The third-order valence-corrected chi connectivity index (χ3v) is 2.54. The van der Waals surface area contributed by atoms with Gasteiger partial charge in [-0.05, 0) is 34.1 Å². The third-order valence-electron chi connectivity index (χ3n) is 2.54. The molecule has 1 rings (SSSR count). The van der Waals surface area contributed by atoms with Crippen molar-refractivity contribution in [3.8, 4) is 0 Å². The summed E-state index contributed by atoms with van der Waals surface area (Å²) < 4.78 is 11.6. The molecule has 3 nitrogen and oxygen atoms in total. The van der Waals surface area contributed by atoms with Gasteiger partial charge in [-0.1, -0.05) is 6.92 Å². The number of ether oxygens (including phenoxy) is 2. The van der Waals surface area contributed by atoms with Gasteiger partial charge in [0.1, 0.15) is 0 Å². The molecular weight excluding hydrogens is 178 g/mol. The lowest BCUT2D eigenvalue weighted by atomic mass is 9.90. The van der Waals surface area contributed by atoms with Gasteiger partial charge in [0.2, 0.25) is 0 Å². The fourth-order valence-electron chi connectivity index (χ4n) is 2.13. The van der Waals surface area contributed by atoms with Crippen LogP contribution in [0.3, 0.4) is 0 Å². The summed E-state index contributed by atoms with van der Waals surface area (Å²) in [6, 6.07) is -0.0335. The molecule has 0 spiro atoms. The molecule has 0 radical (unpaired) electrons. The van der Waals surface area contributed by atoms with Crippen LogP contribution in [0.1, 0.15) is 47.5 Å². The van der Waals surface area contributed by atoms with Crippen LogP contribution in [0.2, 0.25) is 0 Å². The van der Waals surface area contributed by atoms with Crippen LogP contribution in [-0.4, -0.2) is 23.5 Å². The average Bonchev–Trinajstić information content (AvgIpc) is 1.97. The molecule has 0 saturated carbocycles. The normalized spacial score (nSPS) is 28.7. The number of nitrogens with two attached hydrogens (primary N) is 1. The van der Waals surface area contributed by atoms with Gasteiger partial charge in [-0.3, -0.25) is 0 Å². The Morgan fingerprint density at radius 1 is 1.21 bits per heavy atom. The summed E-state index contributed by atoms with van der Waals surface area (Å²) in [5.41, 5.74) is 5.66. The Kier molecular flexibility index (Phi) is 3.24. The predicted molar refractivity (Wildman–Crippen MR) is 57.0 cm³/mol. The first-order chi connectivity index (χ1) is 6.26. The van der Waals surface area contributed by atoms with Gasteiger partial charge in [0.15, 0.2) is 6.29 Å². The highest BCUT2D eigenvalue weighted by molar-refractivity contribution is 4.87. The number of hydrogen-bond acceptors (Lipinski definition) is 3. The first-order valence-electron chi connectivity index (χ1n) is 5.37. The fraction of sp³-hybridized carbons (Fsp3) is 1.00. The summed E-state index contributed by atoms with van der Waals surface area (Å²) in [5, 5.41) is 0. The van der Waals surface area contributed by atoms with E-state index >= 15 is 0 Å². The Hall–Kier alpha value is -0.120. The van der Waals surface area contributed by atoms with Crippen LogP contribution >= 0.6 is 0 Å². The molecule has 84 valence electrons. The maximum atomic E-state index is 5.94. The van der Waals surface area contributed by atoms with Crippen LogP contribution in [0.15, 0.2) is 0 Å². The molecule has 2 N–H and O–H groups in total. The maximum Gasteiger partial charge on any atom is 0.173 e. The second kappa shape index (κ2) is 3.80. The molecule has 0 aromatic carbocycles. The lowest BCUT2D eigenvalue weighted by molar-refractivity contribution is -0.305. The second-order valence-electron chi connectivity index (χ2n) is 5.37. The minimum Gasteiger partial charge on any atom is -0.345 e. The van der Waals surface area contributed by atoms with Gasteiger partial charge in [0.05, 0.1) is 17.2 Å². The zero-order valence-electron chi connectivity index (χ0n) is 9.96. The van der Waals surface area contributed by atoms with Crippen molar-refractivity contribution in [2.24, 2.45) is 5.73 Å². The predicted octanol–water partition coefficient (Wildman–Crippen LogP) is 2.04. The van der Waals surface area contributed by atoms with E-state index in [1.54, 1.807) is 0 Å². The quantitative estimate of drug-likeness (QED) is 0.743. The molecule has 0 unspecified atom stereocenters. The van der Waals surface area contributed by atoms with Crippen molar-refractivity contribution in [3.63, 3.8) is 0 Å². The van der Waals surface area contributed by atoms with E-state index in [1.807, 2.05) is 6.92 Å². The Morgan fingerprint density at radius 2 is 1.64 bits per heavy atom. The maximum absolute atomic E-state index is 5.94. The molecule has 1 heterocycles. The molecule has 1 atom stereocenters. The van der Waals surface area contributed by atoms with Gasteiger partial charge in [-0.25, -0.2) is 0 Å². The van der Waals surface area contributed by atoms with Gasteiger partial charge in [0.25, 0.3) is 0 Å². The molecule has 3 heteroatoms. The standard InChI is InChI=1S/C11H23NO2/c1-6-8(12)9-13-10(2,3)7-11(4,5)14-9/h8-9H,6-7,12H2,1-5H3/t8-/m1/s1. The lowest BCUT2D eigenvalue weighted by Gasteiger charge is -2.46. The van der Waals surface area contributed by atoms with Crippen LogP contribution in [0, 0.1) is 0 Å². The molecule has 0 amide bonds. The SMILES string of the molecule is CC[C@@H](N)C1OC(C)(C)CC(C)(C)O1. The highest BCUT2D eigenvalue weighted by Gasteiger charge is 2.41. The molecule has 1 aliphatic rings. The van der Waals surface area contributed by atoms with E-state index in [4.69, 9.17) is 15.2 Å². The van der Waals surface area contributed by atoms with E-state index in [1.165, 1.54) is 0 Å². The topological polar surface area (TPSA) is 44.5 Å². The van der Waals surface area contributed by atoms with E-state index in [9.17, 15) is 0 Å². The smallest absolute Gasteiger partial charge is 0.173 e. The van der Waals surface area contributed by atoms with E-state index in [0.29, 0.717) is 0 Å². The molecule has 1 fully saturated rings. The third kappa shape index (κ3) is 2.94. The largest absolute Gasteiger partial charge is 0.345 e. The molecule has 0 aromatic rings. The van der Waals surface area contributed by atoms with E-state index < -0.39 is 0 Å². The van der Waals surface area contributed by atoms with Crippen LogP contribution < -0.4 is 5.73 Å². The first kappa shape index (κ1) is 12.0. The van der Waals surface area contributed by atoms with E-state index in [0.717, 1.165) is 12.8 Å². The van der Waals surface area contributed by atoms with Crippen molar-refractivity contribution in [3.05, 3.63) is 0 Å². The van der Waals surface area contributed by atoms with E-state index in [-0.39, 0.29) is 23.5 Å². The van der Waals surface area contributed by atoms with Gasteiger partial charge in [-0.15, -0.1) is 0 Å². The molecule has 1 aliphatic heterocycles. The van der Waals surface area contributed by atoms with Gasteiger partial charge in [-0.2, -0.15) is 0 Å². The van der Waals surface area contributed by atoms with Gasteiger partial charge < -0.3 is 15.2 Å². The fourth-order valence-corrected chi connectivity index (χ4v) is 2.13. The van der Waals surface area contributed by atoms with E-state index in [2.05, 4.69) is 27.7 Å². The van der Waals surface area contributed by atoms with Crippen LogP contribution in [-0.2, 0) is 9.47 Å². The van der Waals surface area contributed by atoms with Crippen molar-refractivity contribution in [1.82, 2.24) is 0 Å². The van der Waals surface area contributed by atoms with Crippen molar-refractivity contribution < 1.29 is 9.47 Å². The van der Waals surface area contributed by atoms with Gasteiger partial charge in [0, 0.05) is 6.42 Å². The Morgan fingerprint density at radius 3 is 2.00 bits per heavy atom. The van der Waals surface area contributed by atoms with Crippen molar-refractivity contribution in [2.45, 2.75) is 71.0 Å².